The summed E-state index contributed by atoms with van der Waals surface area (Å²) in [7, 11) is 0. The minimum atomic E-state index is -0.884. The Balaban J connectivity index is 2.43. The number of halogens is 1. The van der Waals surface area contributed by atoms with Crippen LogP contribution in [0.15, 0.2) is 21.2 Å². The molecule has 0 bridgehead atoms. The Morgan fingerprint density at radius 2 is 2.32 bits per heavy atom. The van der Waals surface area contributed by atoms with Crippen LogP contribution in [0.1, 0.15) is 38.0 Å². The molecule has 0 aromatic carbocycles. The van der Waals surface area contributed by atoms with Gasteiger partial charge in [-0.05, 0) is 47.8 Å². The summed E-state index contributed by atoms with van der Waals surface area (Å²) in [6, 6.07) is 2.92. The average molecular weight is 330 g/mol. The second kappa shape index (κ2) is 5.77. The van der Waals surface area contributed by atoms with Crippen LogP contribution in [0.5, 0.6) is 0 Å². The third kappa shape index (κ3) is 2.83. The second-order valence-corrected chi connectivity index (χ2v) is 5.39. The smallest absolute Gasteiger partial charge is 0.309 e. The van der Waals surface area contributed by atoms with Gasteiger partial charge in [0.15, 0.2) is 4.67 Å². The van der Waals surface area contributed by atoms with Crippen LogP contribution < -0.4 is 0 Å². The van der Waals surface area contributed by atoms with Gasteiger partial charge in [0.05, 0.1) is 5.92 Å². The van der Waals surface area contributed by atoms with Crippen LogP contribution in [0.4, 0.5) is 0 Å². The number of carboxylic acids is 1. The molecule has 1 saturated heterocycles. The normalized spacial score (nSPS) is 24.3. The zero-order chi connectivity index (χ0) is 14.0. The van der Waals surface area contributed by atoms with Crippen molar-refractivity contribution in [2.24, 2.45) is 5.92 Å². The fourth-order valence-electron chi connectivity index (χ4n) is 2.62. The summed E-state index contributed by atoms with van der Waals surface area (Å²) >= 11 is 3.21. The lowest BCUT2D eigenvalue weighted by Gasteiger charge is -2.31. The van der Waals surface area contributed by atoms with Crippen LogP contribution in [0.2, 0.25) is 0 Å². The van der Waals surface area contributed by atoms with Crippen molar-refractivity contribution in [3.63, 3.8) is 0 Å². The molecule has 1 aliphatic heterocycles. The van der Waals surface area contributed by atoms with E-state index in [1.807, 2.05) is 6.92 Å². The van der Waals surface area contributed by atoms with Gasteiger partial charge < -0.3 is 14.4 Å². The highest BCUT2D eigenvalue weighted by molar-refractivity contribution is 9.10. The van der Waals surface area contributed by atoms with Gasteiger partial charge in [-0.25, -0.2) is 0 Å². The van der Waals surface area contributed by atoms with E-state index in [0.717, 1.165) is 0 Å². The third-order valence-electron chi connectivity index (χ3n) is 3.49. The second-order valence-electron chi connectivity index (χ2n) is 4.60. The molecule has 0 aliphatic carbocycles. The quantitative estimate of drug-likeness (QED) is 0.925. The number of rotatable bonds is 3. The minimum Gasteiger partial charge on any atom is -0.481 e. The maximum atomic E-state index is 12.1. The van der Waals surface area contributed by atoms with Crippen molar-refractivity contribution in [1.82, 2.24) is 4.90 Å². The third-order valence-corrected chi connectivity index (χ3v) is 3.91. The summed E-state index contributed by atoms with van der Waals surface area (Å²) < 4.78 is 6.04. The number of carboxylic acid groups (broad SMARTS) is 1. The Morgan fingerprint density at radius 1 is 1.58 bits per heavy atom. The Morgan fingerprint density at radius 3 is 2.84 bits per heavy atom. The van der Waals surface area contributed by atoms with E-state index in [4.69, 9.17) is 4.42 Å². The molecule has 1 amide bonds. The molecule has 1 aromatic heterocycles. The highest BCUT2D eigenvalue weighted by Crippen LogP contribution is 2.37. The maximum Gasteiger partial charge on any atom is 0.309 e. The van der Waals surface area contributed by atoms with Crippen LogP contribution in [-0.2, 0) is 9.59 Å². The summed E-state index contributed by atoms with van der Waals surface area (Å²) in [6.45, 7) is 2.33. The number of hydrogen-bond acceptors (Lipinski definition) is 3. The highest BCUT2D eigenvalue weighted by Gasteiger charge is 2.39. The molecule has 1 fully saturated rings. The first-order valence-corrected chi connectivity index (χ1v) is 7.11. The number of furan rings is 1. The van der Waals surface area contributed by atoms with E-state index >= 15 is 0 Å². The van der Waals surface area contributed by atoms with Crippen molar-refractivity contribution >= 4 is 27.8 Å². The Hall–Kier alpha value is -1.30. The first-order valence-electron chi connectivity index (χ1n) is 6.32. The first-order chi connectivity index (χ1) is 9.04. The zero-order valence-electron chi connectivity index (χ0n) is 10.6. The van der Waals surface area contributed by atoms with Gasteiger partial charge in [-0.1, -0.05) is 0 Å². The lowest BCUT2D eigenvalue weighted by atomic mass is 9.93. The van der Waals surface area contributed by atoms with Gasteiger partial charge in [-0.15, -0.1) is 0 Å². The Kier molecular flexibility index (Phi) is 4.29. The molecule has 2 unspecified atom stereocenters. The van der Waals surface area contributed by atoms with Gasteiger partial charge in [-0.2, -0.15) is 0 Å². The number of likely N-dealkylation sites (tertiary alicyclic amines) is 1. The summed E-state index contributed by atoms with van der Waals surface area (Å²) in [5.74, 6) is -0.990. The SMILES string of the molecule is CCN1C(=O)CCCC(C(=O)O)C1c1ccc(Br)o1. The number of carbonyl (C=O) groups excluding carboxylic acids is 1. The van der Waals surface area contributed by atoms with Crippen molar-refractivity contribution in [3.8, 4) is 0 Å². The van der Waals surface area contributed by atoms with Gasteiger partial charge in [0.25, 0.3) is 0 Å². The molecular formula is C13H16BrNO4. The molecule has 6 heteroatoms. The van der Waals surface area contributed by atoms with Gasteiger partial charge >= 0.3 is 5.97 Å². The highest BCUT2D eigenvalue weighted by atomic mass is 79.9. The number of aliphatic carboxylic acids is 1. The molecule has 2 heterocycles. The van der Waals surface area contributed by atoms with E-state index in [9.17, 15) is 14.7 Å². The predicted molar refractivity (Wildman–Crippen MR) is 71.5 cm³/mol. The maximum absolute atomic E-state index is 12.1. The summed E-state index contributed by atoms with van der Waals surface area (Å²) in [4.78, 5) is 25.2. The summed E-state index contributed by atoms with van der Waals surface area (Å²) in [5.41, 5.74) is 0. The molecule has 2 rings (SSSR count). The van der Waals surface area contributed by atoms with E-state index in [-0.39, 0.29) is 5.91 Å². The molecular weight excluding hydrogens is 314 g/mol. The van der Waals surface area contributed by atoms with E-state index < -0.39 is 17.9 Å². The molecule has 2 atom stereocenters. The Bertz CT molecular complexity index is 483. The van der Waals surface area contributed by atoms with Gasteiger partial charge in [0.2, 0.25) is 5.91 Å². The minimum absolute atomic E-state index is 0.0104. The van der Waals surface area contributed by atoms with Crippen LogP contribution >= 0.6 is 15.9 Å². The number of amides is 1. The van der Waals surface area contributed by atoms with Crippen molar-refractivity contribution in [3.05, 3.63) is 22.6 Å². The van der Waals surface area contributed by atoms with E-state index in [1.165, 1.54) is 0 Å². The lowest BCUT2D eigenvalue weighted by Crippen LogP contribution is -2.38. The Labute approximate surface area is 119 Å². The molecule has 104 valence electrons. The molecule has 19 heavy (non-hydrogen) atoms. The summed E-state index contributed by atoms with van der Waals surface area (Å²) in [5, 5.41) is 9.41. The van der Waals surface area contributed by atoms with Crippen molar-refractivity contribution in [2.75, 3.05) is 6.54 Å². The van der Waals surface area contributed by atoms with Gasteiger partial charge in [0, 0.05) is 13.0 Å². The van der Waals surface area contributed by atoms with Crippen molar-refractivity contribution < 1.29 is 19.1 Å². The number of nitrogens with zero attached hydrogens (tertiary/aromatic N) is 1. The van der Waals surface area contributed by atoms with E-state index in [1.54, 1.807) is 17.0 Å². The monoisotopic (exact) mass is 329 g/mol. The fraction of sp³-hybridized carbons (Fsp3) is 0.538. The van der Waals surface area contributed by atoms with Crippen LogP contribution in [-0.4, -0.2) is 28.4 Å². The van der Waals surface area contributed by atoms with Crippen molar-refractivity contribution in [1.29, 1.82) is 0 Å². The molecule has 5 nitrogen and oxygen atoms in total. The average Bonchev–Trinajstić information content (AvgIpc) is 2.70. The predicted octanol–water partition coefficient (Wildman–Crippen LogP) is 2.82. The van der Waals surface area contributed by atoms with Crippen LogP contribution in [0.3, 0.4) is 0 Å². The molecule has 1 aliphatic rings. The fourth-order valence-corrected chi connectivity index (χ4v) is 2.94. The largest absolute Gasteiger partial charge is 0.481 e. The zero-order valence-corrected chi connectivity index (χ0v) is 12.2. The van der Waals surface area contributed by atoms with E-state index in [0.29, 0.717) is 36.2 Å². The van der Waals surface area contributed by atoms with Crippen LogP contribution in [0.25, 0.3) is 0 Å². The number of carbonyl (C=O) groups is 2. The standard InChI is InChI=1S/C13H16BrNO4/c1-2-15-11(16)5-3-4-8(13(17)18)12(15)9-6-7-10(14)19-9/h6-8,12H,2-5H2,1H3,(H,17,18). The van der Waals surface area contributed by atoms with E-state index in [2.05, 4.69) is 15.9 Å². The summed E-state index contributed by atoms with van der Waals surface area (Å²) in [6.07, 6.45) is 1.49. The molecule has 0 spiro atoms. The van der Waals surface area contributed by atoms with Crippen molar-refractivity contribution in [2.45, 2.75) is 32.2 Å². The number of hydrogen-bond donors (Lipinski definition) is 1. The lowest BCUT2D eigenvalue weighted by molar-refractivity contribution is -0.146. The van der Waals surface area contributed by atoms with Gasteiger partial charge in [-0.3, -0.25) is 9.59 Å². The molecule has 1 N–H and O–H groups in total. The molecule has 1 aromatic rings. The topological polar surface area (TPSA) is 70.8 Å². The molecule has 0 radical (unpaired) electrons. The first kappa shape index (κ1) is 14.1. The molecule has 0 saturated carbocycles. The van der Waals surface area contributed by atoms with Gasteiger partial charge in [0.1, 0.15) is 11.8 Å². The van der Waals surface area contributed by atoms with Crippen LogP contribution in [0, 0.1) is 5.92 Å².